The Labute approximate surface area is 126 Å². The number of hydrogen-bond donors (Lipinski definition) is 2. The molecular weight excluding hydrogens is 264 g/mol. The number of benzene rings is 1. The van der Waals surface area contributed by atoms with Crippen molar-refractivity contribution in [3.05, 3.63) is 23.8 Å². The molecule has 0 bridgehead atoms. The van der Waals surface area contributed by atoms with E-state index in [9.17, 15) is 4.79 Å². The van der Waals surface area contributed by atoms with E-state index in [2.05, 4.69) is 10.2 Å². The van der Waals surface area contributed by atoms with E-state index in [4.69, 9.17) is 5.73 Å². The Morgan fingerprint density at radius 3 is 2.86 bits per heavy atom. The molecule has 1 aromatic carbocycles. The van der Waals surface area contributed by atoms with Crippen molar-refractivity contribution in [1.29, 1.82) is 0 Å². The Morgan fingerprint density at radius 1 is 1.33 bits per heavy atom. The smallest absolute Gasteiger partial charge is 0.253 e. The van der Waals surface area contributed by atoms with Crippen LogP contribution in [-0.2, 0) is 0 Å². The van der Waals surface area contributed by atoms with Crippen LogP contribution in [0.2, 0.25) is 0 Å². The lowest BCUT2D eigenvalue weighted by molar-refractivity contribution is 0.0827. The molecule has 0 saturated carbocycles. The van der Waals surface area contributed by atoms with Gasteiger partial charge in [0.05, 0.1) is 11.4 Å². The molecule has 114 valence electrons. The molecule has 2 saturated heterocycles. The Bertz CT molecular complexity index is 543. The number of rotatable bonds is 3. The van der Waals surface area contributed by atoms with Crippen LogP contribution >= 0.6 is 0 Å². The number of nitrogens with two attached hydrogens (primary N) is 1. The zero-order valence-corrected chi connectivity index (χ0v) is 12.8. The van der Waals surface area contributed by atoms with Crippen LogP contribution in [0, 0.1) is 0 Å². The Hall–Kier alpha value is -1.75. The maximum absolute atomic E-state index is 11.9. The maximum atomic E-state index is 11.9. The van der Waals surface area contributed by atoms with Crippen molar-refractivity contribution in [1.82, 2.24) is 9.80 Å². The third kappa shape index (κ3) is 2.70. The standard InChI is InChI=1S/C16H24N4O/c1-19(2)16(21)11-5-6-13(12(17)10-11)18-14-7-9-20-8-3-4-15(14)20/h5-6,10,14-15,18H,3-4,7-9,17H2,1-2H3. The van der Waals surface area contributed by atoms with E-state index in [0.717, 1.165) is 5.69 Å². The van der Waals surface area contributed by atoms with Crippen LogP contribution < -0.4 is 11.1 Å². The Morgan fingerprint density at radius 2 is 2.14 bits per heavy atom. The van der Waals surface area contributed by atoms with Crippen LogP contribution in [0.25, 0.3) is 0 Å². The van der Waals surface area contributed by atoms with Gasteiger partial charge < -0.3 is 16.0 Å². The molecule has 2 atom stereocenters. The van der Waals surface area contributed by atoms with Crippen LogP contribution in [-0.4, -0.2) is 55.0 Å². The first-order valence-corrected chi connectivity index (χ1v) is 7.68. The molecular formula is C16H24N4O. The molecule has 0 spiro atoms. The first-order chi connectivity index (χ1) is 10.1. The maximum Gasteiger partial charge on any atom is 0.253 e. The fourth-order valence-electron chi connectivity index (χ4n) is 3.54. The third-order valence-electron chi connectivity index (χ3n) is 4.65. The second-order valence-electron chi connectivity index (χ2n) is 6.29. The summed E-state index contributed by atoms with van der Waals surface area (Å²) in [5.41, 5.74) is 8.36. The van der Waals surface area contributed by atoms with Crippen molar-refractivity contribution in [2.75, 3.05) is 38.2 Å². The van der Waals surface area contributed by atoms with Gasteiger partial charge in [0.15, 0.2) is 0 Å². The lowest BCUT2D eigenvalue weighted by atomic mass is 10.1. The van der Waals surface area contributed by atoms with Gasteiger partial charge in [-0.2, -0.15) is 0 Å². The molecule has 1 aromatic rings. The van der Waals surface area contributed by atoms with Crippen LogP contribution in [0.15, 0.2) is 18.2 Å². The van der Waals surface area contributed by atoms with Gasteiger partial charge in [0.2, 0.25) is 0 Å². The molecule has 2 fully saturated rings. The van der Waals surface area contributed by atoms with E-state index < -0.39 is 0 Å². The number of hydrogen-bond acceptors (Lipinski definition) is 4. The van der Waals surface area contributed by atoms with Crippen LogP contribution in [0.1, 0.15) is 29.6 Å². The molecule has 1 amide bonds. The lowest BCUT2D eigenvalue weighted by Crippen LogP contribution is -2.34. The Kier molecular flexibility index (Phi) is 3.76. The SMILES string of the molecule is CN(C)C(=O)c1ccc(NC2CCN3CCCC23)c(N)c1. The minimum Gasteiger partial charge on any atom is -0.397 e. The first-order valence-electron chi connectivity index (χ1n) is 7.68. The number of nitrogens with one attached hydrogen (secondary N) is 1. The summed E-state index contributed by atoms with van der Waals surface area (Å²) in [5.74, 6) is -0.0175. The van der Waals surface area contributed by atoms with Crippen molar-refractivity contribution >= 4 is 17.3 Å². The van der Waals surface area contributed by atoms with Gasteiger partial charge in [-0.25, -0.2) is 0 Å². The zero-order chi connectivity index (χ0) is 15.0. The lowest BCUT2D eigenvalue weighted by Gasteiger charge is -2.23. The van der Waals surface area contributed by atoms with E-state index in [0.29, 0.717) is 23.3 Å². The van der Waals surface area contributed by atoms with Crippen molar-refractivity contribution in [2.24, 2.45) is 0 Å². The molecule has 2 heterocycles. The van der Waals surface area contributed by atoms with Crippen molar-refractivity contribution < 1.29 is 4.79 Å². The summed E-state index contributed by atoms with van der Waals surface area (Å²) in [5, 5.41) is 3.58. The fourth-order valence-corrected chi connectivity index (χ4v) is 3.54. The van der Waals surface area contributed by atoms with Crippen LogP contribution in [0.3, 0.4) is 0 Å². The zero-order valence-electron chi connectivity index (χ0n) is 12.8. The van der Waals surface area contributed by atoms with E-state index in [1.165, 1.54) is 32.4 Å². The highest BCUT2D eigenvalue weighted by Gasteiger charge is 2.37. The van der Waals surface area contributed by atoms with Gasteiger partial charge in [-0.15, -0.1) is 0 Å². The number of fused-ring (bicyclic) bond motifs is 1. The van der Waals surface area contributed by atoms with Gasteiger partial charge in [0, 0.05) is 38.3 Å². The Balaban J connectivity index is 1.73. The quantitative estimate of drug-likeness (QED) is 0.830. The van der Waals surface area contributed by atoms with Gasteiger partial charge >= 0.3 is 0 Å². The highest BCUT2D eigenvalue weighted by atomic mass is 16.2. The number of carbonyl (C=O) groups is 1. The van der Waals surface area contributed by atoms with Crippen LogP contribution in [0.4, 0.5) is 11.4 Å². The molecule has 3 rings (SSSR count). The molecule has 5 nitrogen and oxygen atoms in total. The van der Waals surface area contributed by atoms with Crippen LogP contribution in [0.5, 0.6) is 0 Å². The molecule has 2 aliphatic heterocycles. The van der Waals surface area contributed by atoms with Gasteiger partial charge in [-0.3, -0.25) is 9.69 Å². The number of nitrogen functional groups attached to an aromatic ring is 1. The van der Waals surface area contributed by atoms with E-state index >= 15 is 0 Å². The normalized spacial score (nSPS) is 24.9. The van der Waals surface area contributed by atoms with Crippen molar-refractivity contribution in [3.63, 3.8) is 0 Å². The highest BCUT2D eigenvalue weighted by Crippen LogP contribution is 2.31. The van der Waals surface area contributed by atoms with Gasteiger partial charge in [0.25, 0.3) is 5.91 Å². The van der Waals surface area contributed by atoms with Gasteiger partial charge in [-0.05, 0) is 44.0 Å². The topological polar surface area (TPSA) is 61.6 Å². The summed E-state index contributed by atoms with van der Waals surface area (Å²) in [6, 6.07) is 6.68. The monoisotopic (exact) mass is 288 g/mol. The number of nitrogens with zero attached hydrogens (tertiary/aromatic N) is 2. The van der Waals surface area contributed by atoms with Gasteiger partial charge in [-0.1, -0.05) is 0 Å². The second-order valence-corrected chi connectivity index (χ2v) is 6.29. The first kappa shape index (κ1) is 14.2. The summed E-state index contributed by atoms with van der Waals surface area (Å²) in [6.07, 6.45) is 3.74. The molecule has 3 N–H and O–H groups in total. The van der Waals surface area contributed by atoms with Crippen molar-refractivity contribution in [3.8, 4) is 0 Å². The summed E-state index contributed by atoms with van der Waals surface area (Å²) in [6.45, 7) is 2.41. The summed E-state index contributed by atoms with van der Waals surface area (Å²) < 4.78 is 0. The predicted molar refractivity (Wildman–Crippen MR) is 85.5 cm³/mol. The third-order valence-corrected chi connectivity index (χ3v) is 4.65. The largest absolute Gasteiger partial charge is 0.397 e. The molecule has 21 heavy (non-hydrogen) atoms. The van der Waals surface area contributed by atoms with E-state index in [1.54, 1.807) is 25.1 Å². The number of anilines is 2. The second kappa shape index (κ2) is 5.56. The fraction of sp³-hybridized carbons (Fsp3) is 0.562. The van der Waals surface area contributed by atoms with Gasteiger partial charge in [0.1, 0.15) is 0 Å². The molecule has 2 unspecified atom stereocenters. The average Bonchev–Trinajstić information content (AvgIpc) is 3.04. The molecule has 2 aliphatic rings. The average molecular weight is 288 g/mol. The molecule has 0 aliphatic carbocycles. The van der Waals surface area contributed by atoms with E-state index in [1.807, 2.05) is 12.1 Å². The summed E-state index contributed by atoms with van der Waals surface area (Å²) in [7, 11) is 3.50. The summed E-state index contributed by atoms with van der Waals surface area (Å²) in [4.78, 5) is 16.1. The number of carbonyl (C=O) groups excluding carboxylic acids is 1. The van der Waals surface area contributed by atoms with E-state index in [-0.39, 0.29) is 5.91 Å². The molecule has 0 radical (unpaired) electrons. The molecule has 5 heteroatoms. The summed E-state index contributed by atoms with van der Waals surface area (Å²) >= 11 is 0. The van der Waals surface area contributed by atoms with Crippen molar-refractivity contribution in [2.45, 2.75) is 31.3 Å². The minimum atomic E-state index is -0.0175. The predicted octanol–water partition coefficient (Wildman–Crippen LogP) is 1.62. The highest BCUT2D eigenvalue weighted by molar-refractivity contribution is 5.95. The minimum absolute atomic E-state index is 0.0175. The molecule has 0 aromatic heterocycles. The number of amides is 1.